The van der Waals surface area contributed by atoms with E-state index in [0.29, 0.717) is 12.1 Å². The van der Waals surface area contributed by atoms with Crippen molar-refractivity contribution < 1.29 is 0 Å². The summed E-state index contributed by atoms with van der Waals surface area (Å²) in [5.41, 5.74) is 8.67. The zero-order valence-corrected chi connectivity index (χ0v) is 12.2. The molecule has 100 valence electrons. The summed E-state index contributed by atoms with van der Waals surface area (Å²) >= 11 is 2.06. The highest BCUT2D eigenvalue weighted by Crippen LogP contribution is 2.26. The highest BCUT2D eigenvalue weighted by molar-refractivity contribution is 7.99. The van der Waals surface area contributed by atoms with Gasteiger partial charge in [-0.25, -0.2) is 0 Å². The van der Waals surface area contributed by atoms with E-state index >= 15 is 0 Å². The van der Waals surface area contributed by atoms with Crippen LogP contribution in [0.15, 0.2) is 24.3 Å². The molecule has 1 aliphatic heterocycles. The molecule has 1 fully saturated rings. The average Bonchev–Trinajstić information content (AvgIpc) is 2.92. The first-order chi connectivity index (χ1) is 8.70. The van der Waals surface area contributed by atoms with E-state index in [4.69, 9.17) is 5.73 Å². The lowest BCUT2D eigenvalue weighted by Gasteiger charge is -2.26. The van der Waals surface area contributed by atoms with E-state index < -0.39 is 0 Å². The summed E-state index contributed by atoms with van der Waals surface area (Å²) in [6.07, 6.45) is 3.34. The second-order valence-corrected chi connectivity index (χ2v) is 6.32. The van der Waals surface area contributed by atoms with Gasteiger partial charge in [-0.05, 0) is 42.7 Å². The van der Waals surface area contributed by atoms with Crippen LogP contribution in [0.1, 0.15) is 25.3 Å². The second-order valence-electron chi connectivity index (χ2n) is 5.17. The van der Waals surface area contributed by atoms with Crippen LogP contribution < -0.4 is 10.6 Å². The number of nitrogens with zero attached hydrogens (tertiary/aromatic N) is 1. The maximum atomic E-state index is 5.99. The first-order valence-electron chi connectivity index (χ1n) is 6.85. The van der Waals surface area contributed by atoms with Crippen LogP contribution in [0.3, 0.4) is 0 Å². The van der Waals surface area contributed by atoms with E-state index in [1.165, 1.54) is 29.2 Å². The zero-order chi connectivity index (χ0) is 13.0. The Morgan fingerprint density at radius 1 is 1.39 bits per heavy atom. The fourth-order valence-electron chi connectivity index (χ4n) is 2.35. The van der Waals surface area contributed by atoms with Crippen molar-refractivity contribution in [2.24, 2.45) is 5.73 Å². The standard InChI is InChI=1S/C15H24N2S/c1-3-13(16)10-12-4-6-14(7-5-12)17(2)15-8-9-18-11-15/h4-7,13,15H,3,8-11,16H2,1-2H3. The Morgan fingerprint density at radius 2 is 2.11 bits per heavy atom. The molecule has 1 heterocycles. The van der Waals surface area contributed by atoms with Gasteiger partial charge in [-0.3, -0.25) is 0 Å². The molecule has 0 saturated carbocycles. The largest absolute Gasteiger partial charge is 0.371 e. The topological polar surface area (TPSA) is 29.3 Å². The fourth-order valence-corrected chi connectivity index (χ4v) is 3.62. The summed E-state index contributed by atoms with van der Waals surface area (Å²) in [7, 11) is 2.21. The minimum atomic E-state index is 0.291. The Kier molecular flexibility index (Phi) is 4.95. The Hall–Kier alpha value is -0.670. The zero-order valence-electron chi connectivity index (χ0n) is 11.4. The SMILES string of the molecule is CCC(N)Cc1ccc(N(C)C2CCSC2)cc1. The number of thioether (sulfide) groups is 1. The van der Waals surface area contributed by atoms with E-state index in [-0.39, 0.29) is 0 Å². The van der Waals surface area contributed by atoms with Crippen molar-refractivity contribution in [3.8, 4) is 0 Å². The van der Waals surface area contributed by atoms with Crippen molar-refractivity contribution in [1.29, 1.82) is 0 Å². The minimum Gasteiger partial charge on any atom is -0.371 e. The molecule has 0 aromatic heterocycles. The van der Waals surface area contributed by atoms with E-state index in [2.05, 4.69) is 54.9 Å². The van der Waals surface area contributed by atoms with Crippen LogP contribution in [0, 0.1) is 0 Å². The van der Waals surface area contributed by atoms with Crippen LogP contribution in [-0.4, -0.2) is 30.6 Å². The maximum Gasteiger partial charge on any atom is 0.0385 e. The average molecular weight is 264 g/mol. The van der Waals surface area contributed by atoms with Crippen molar-refractivity contribution >= 4 is 17.4 Å². The van der Waals surface area contributed by atoms with Gasteiger partial charge in [0, 0.05) is 30.6 Å². The predicted octanol–water partition coefficient (Wildman–Crippen LogP) is 2.91. The molecule has 1 saturated heterocycles. The molecule has 2 N–H and O–H groups in total. The van der Waals surface area contributed by atoms with Gasteiger partial charge in [0.2, 0.25) is 0 Å². The Labute approximate surface area is 115 Å². The molecule has 1 aromatic carbocycles. The summed E-state index contributed by atoms with van der Waals surface area (Å²) in [6, 6.07) is 9.92. The molecule has 1 aliphatic rings. The molecule has 3 heteroatoms. The molecule has 0 spiro atoms. The number of hydrogen-bond donors (Lipinski definition) is 1. The van der Waals surface area contributed by atoms with Crippen molar-refractivity contribution in [2.75, 3.05) is 23.5 Å². The van der Waals surface area contributed by atoms with Gasteiger partial charge in [-0.1, -0.05) is 19.1 Å². The minimum absolute atomic E-state index is 0.291. The molecule has 18 heavy (non-hydrogen) atoms. The van der Waals surface area contributed by atoms with Crippen molar-refractivity contribution in [1.82, 2.24) is 0 Å². The molecule has 0 amide bonds. The first kappa shape index (κ1) is 13.8. The molecule has 0 bridgehead atoms. The molecular formula is C15H24N2S. The Morgan fingerprint density at radius 3 is 2.67 bits per heavy atom. The highest BCUT2D eigenvalue weighted by Gasteiger charge is 2.20. The highest BCUT2D eigenvalue weighted by atomic mass is 32.2. The quantitative estimate of drug-likeness (QED) is 0.886. The summed E-state index contributed by atoms with van der Waals surface area (Å²) in [5, 5.41) is 0. The van der Waals surface area contributed by atoms with E-state index in [1.807, 2.05) is 0 Å². The fraction of sp³-hybridized carbons (Fsp3) is 0.600. The number of rotatable bonds is 5. The third-order valence-electron chi connectivity index (χ3n) is 3.82. The van der Waals surface area contributed by atoms with Crippen LogP contribution in [0.5, 0.6) is 0 Å². The van der Waals surface area contributed by atoms with Crippen LogP contribution in [0.25, 0.3) is 0 Å². The molecule has 1 aromatic rings. The summed E-state index contributed by atoms with van der Waals surface area (Å²) in [5.74, 6) is 2.57. The third kappa shape index (κ3) is 3.42. The Bertz CT molecular complexity index is 357. The lowest BCUT2D eigenvalue weighted by atomic mass is 10.0. The van der Waals surface area contributed by atoms with Gasteiger partial charge in [0.25, 0.3) is 0 Å². The van der Waals surface area contributed by atoms with Crippen LogP contribution >= 0.6 is 11.8 Å². The number of hydrogen-bond acceptors (Lipinski definition) is 3. The maximum absolute atomic E-state index is 5.99. The van der Waals surface area contributed by atoms with Gasteiger partial charge in [-0.2, -0.15) is 11.8 Å². The lowest BCUT2D eigenvalue weighted by Crippen LogP contribution is -2.31. The number of benzene rings is 1. The summed E-state index contributed by atoms with van der Waals surface area (Å²) < 4.78 is 0. The second kappa shape index (κ2) is 6.48. The summed E-state index contributed by atoms with van der Waals surface area (Å²) in [6.45, 7) is 2.14. The molecule has 2 nitrogen and oxygen atoms in total. The first-order valence-corrected chi connectivity index (χ1v) is 8.01. The molecule has 2 unspecified atom stereocenters. The monoisotopic (exact) mass is 264 g/mol. The van der Waals surface area contributed by atoms with Crippen molar-refractivity contribution in [2.45, 2.75) is 38.3 Å². The summed E-state index contributed by atoms with van der Waals surface area (Å²) in [4.78, 5) is 2.42. The van der Waals surface area contributed by atoms with Crippen molar-refractivity contribution in [3.63, 3.8) is 0 Å². The van der Waals surface area contributed by atoms with Gasteiger partial charge in [0.1, 0.15) is 0 Å². The Balaban J connectivity index is 1.98. The molecule has 0 radical (unpaired) electrons. The predicted molar refractivity (Wildman–Crippen MR) is 82.5 cm³/mol. The van der Waals surface area contributed by atoms with E-state index in [0.717, 1.165) is 12.8 Å². The van der Waals surface area contributed by atoms with Gasteiger partial charge in [0.05, 0.1) is 0 Å². The van der Waals surface area contributed by atoms with Gasteiger partial charge in [-0.15, -0.1) is 0 Å². The lowest BCUT2D eigenvalue weighted by molar-refractivity contribution is 0.646. The van der Waals surface area contributed by atoms with Gasteiger partial charge < -0.3 is 10.6 Å². The van der Waals surface area contributed by atoms with Crippen LogP contribution in [0.2, 0.25) is 0 Å². The molecule has 2 atom stereocenters. The van der Waals surface area contributed by atoms with Gasteiger partial charge >= 0.3 is 0 Å². The van der Waals surface area contributed by atoms with E-state index in [9.17, 15) is 0 Å². The van der Waals surface area contributed by atoms with Gasteiger partial charge in [0.15, 0.2) is 0 Å². The number of anilines is 1. The van der Waals surface area contributed by atoms with Crippen LogP contribution in [-0.2, 0) is 6.42 Å². The van der Waals surface area contributed by atoms with E-state index in [1.54, 1.807) is 0 Å². The number of nitrogens with two attached hydrogens (primary N) is 1. The smallest absolute Gasteiger partial charge is 0.0385 e. The van der Waals surface area contributed by atoms with Crippen molar-refractivity contribution in [3.05, 3.63) is 29.8 Å². The third-order valence-corrected chi connectivity index (χ3v) is 4.96. The normalized spacial score (nSPS) is 20.9. The molecular weight excluding hydrogens is 240 g/mol. The molecule has 2 rings (SSSR count). The molecule has 0 aliphatic carbocycles. The van der Waals surface area contributed by atoms with Crippen LogP contribution in [0.4, 0.5) is 5.69 Å².